The van der Waals surface area contributed by atoms with Crippen molar-refractivity contribution >= 4 is 22.4 Å². The number of rotatable bonds is 5. The minimum Gasteiger partial charge on any atom is -0.489 e. The number of nitrogens with zero attached hydrogens (tertiary/aromatic N) is 1. The highest BCUT2D eigenvalue weighted by atomic mass is 16.5. The standard InChI is InChI=1S/C24H22N2O2/c1-17-6-12-22(14-17)25-26-24(27)20-9-7-18(8-10-20)16-28-23-13-11-19-4-2-3-5-21(19)15-23/h2-5,7-11,13-15H,6,12,16H2,1H3,(H,26,27)/b25-22+. The summed E-state index contributed by atoms with van der Waals surface area (Å²) in [6.07, 6.45) is 3.92. The summed E-state index contributed by atoms with van der Waals surface area (Å²) >= 11 is 0. The summed E-state index contributed by atoms with van der Waals surface area (Å²) in [5.41, 5.74) is 6.43. The summed E-state index contributed by atoms with van der Waals surface area (Å²) < 4.78 is 5.90. The van der Waals surface area contributed by atoms with Crippen LogP contribution in [0.2, 0.25) is 0 Å². The van der Waals surface area contributed by atoms with Crippen molar-refractivity contribution in [2.24, 2.45) is 5.10 Å². The number of nitrogens with one attached hydrogen (secondary N) is 1. The fraction of sp³-hybridized carbons (Fsp3) is 0.167. The van der Waals surface area contributed by atoms with Crippen LogP contribution < -0.4 is 10.2 Å². The Hall–Kier alpha value is -3.40. The summed E-state index contributed by atoms with van der Waals surface area (Å²) in [5.74, 6) is 0.628. The predicted octanol–water partition coefficient (Wildman–Crippen LogP) is 5.24. The third-order valence-electron chi connectivity index (χ3n) is 4.83. The van der Waals surface area contributed by atoms with Gasteiger partial charge >= 0.3 is 0 Å². The van der Waals surface area contributed by atoms with Crippen molar-refractivity contribution in [1.29, 1.82) is 0 Å². The number of amides is 1. The van der Waals surface area contributed by atoms with E-state index in [1.54, 1.807) is 12.1 Å². The second kappa shape index (κ2) is 8.09. The molecule has 1 aliphatic rings. The lowest BCUT2D eigenvalue weighted by molar-refractivity contribution is 0.0954. The Morgan fingerprint density at radius 1 is 1.00 bits per heavy atom. The van der Waals surface area contributed by atoms with Crippen molar-refractivity contribution < 1.29 is 9.53 Å². The van der Waals surface area contributed by atoms with Crippen LogP contribution in [-0.4, -0.2) is 11.6 Å². The number of hydrazone groups is 1. The first-order valence-corrected chi connectivity index (χ1v) is 9.42. The van der Waals surface area contributed by atoms with Gasteiger partial charge in [0, 0.05) is 5.56 Å². The van der Waals surface area contributed by atoms with Crippen LogP contribution in [0.1, 0.15) is 35.7 Å². The molecular formula is C24H22N2O2. The van der Waals surface area contributed by atoms with Gasteiger partial charge in [0.1, 0.15) is 12.4 Å². The van der Waals surface area contributed by atoms with E-state index >= 15 is 0 Å². The summed E-state index contributed by atoms with van der Waals surface area (Å²) in [6.45, 7) is 2.52. The number of fused-ring (bicyclic) bond motifs is 1. The largest absolute Gasteiger partial charge is 0.489 e. The third kappa shape index (κ3) is 4.29. The highest BCUT2D eigenvalue weighted by Gasteiger charge is 2.09. The Morgan fingerprint density at radius 2 is 1.79 bits per heavy atom. The van der Waals surface area contributed by atoms with E-state index in [1.807, 2.05) is 42.5 Å². The van der Waals surface area contributed by atoms with Crippen LogP contribution in [-0.2, 0) is 6.61 Å². The second-order valence-electron chi connectivity index (χ2n) is 7.03. The van der Waals surface area contributed by atoms with E-state index in [4.69, 9.17) is 4.74 Å². The van der Waals surface area contributed by atoms with Crippen LogP contribution in [0.3, 0.4) is 0 Å². The summed E-state index contributed by atoms with van der Waals surface area (Å²) in [4.78, 5) is 12.2. The van der Waals surface area contributed by atoms with E-state index in [9.17, 15) is 4.79 Å². The minimum absolute atomic E-state index is 0.201. The molecule has 0 fully saturated rings. The van der Waals surface area contributed by atoms with Gasteiger partial charge in [-0.2, -0.15) is 5.10 Å². The van der Waals surface area contributed by atoms with Gasteiger partial charge in [-0.1, -0.05) is 48.0 Å². The highest BCUT2D eigenvalue weighted by Crippen LogP contribution is 2.21. The van der Waals surface area contributed by atoms with Crippen molar-refractivity contribution in [2.45, 2.75) is 26.4 Å². The molecule has 4 nitrogen and oxygen atoms in total. The van der Waals surface area contributed by atoms with E-state index in [2.05, 4.69) is 35.7 Å². The monoisotopic (exact) mass is 370 g/mol. The molecule has 3 aromatic carbocycles. The molecule has 3 aromatic rings. The Labute approximate surface area is 164 Å². The number of hydrogen-bond donors (Lipinski definition) is 1. The Kier molecular flexibility index (Phi) is 5.20. The molecule has 28 heavy (non-hydrogen) atoms. The average Bonchev–Trinajstić information content (AvgIpc) is 3.16. The van der Waals surface area contributed by atoms with Crippen molar-refractivity contribution in [1.82, 2.24) is 5.43 Å². The van der Waals surface area contributed by atoms with Gasteiger partial charge in [0.15, 0.2) is 0 Å². The normalized spacial score (nSPS) is 14.9. The van der Waals surface area contributed by atoms with Crippen LogP contribution in [0.5, 0.6) is 5.75 Å². The maximum Gasteiger partial charge on any atom is 0.271 e. The maximum atomic E-state index is 12.2. The van der Waals surface area contributed by atoms with E-state index in [0.717, 1.165) is 35.3 Å². The van der Waals surface area contributed by atoms with E-state index in [0.29, 0.717) is 12.2 Å². The third-order valence-corrected chi connectivity index (χ3v) is 4.83. The molecule has 1 amide bonds. The number of carbonyl (C=O) groups is 1. The van der Waals surface area contributed by atoms with Gasteiger partial charge in [-0.3, -0.25) is 4.79 Å². The van der Waals surface area contributed by atoms with Crippen LogP contribution >= 0.6 is 0 Å². The van der Waals surface area contributed by atoms with Crippen LogP contribution in [0, 0.1) is 0 Å². The molecule has 0 aromatic heterocycles. The number of allylic oxidation sites excluding steroid dienone is 2. The Balaban J connectivity index is 1.35. The zero-order valence-corrected chi connectivity index (χ0v) is 15.8. The van der Waals surface area contributed by atoms with Crippen LogP contribution in [0.4, 0.5) is 0 Å². The zero-order chi connectivity index (χ0) is 19.3. The van der Waals surface area contributed by atoms with Crippen LogP contribution in [0.25, 0.3) is 10.8 Å². The Morgan fingerprint density at radius 3 is 2.54 bits per heavy atom. The minimum atomic E-state index is -0.201. The topological polar surface area (TPSA) is 50.7 Å². The molecule has 0 aliphatic heterocycles. The highest BCUT2D eigenvalue weighted by molar-refractivity contribution is 6.00. The molecule has 0 unspecified atom stereocenters. The Bertz CT molecular complexity index is 1070. The van der Waals surface area contributed by atoms with Gasteiger partial charge in [-0.05, 0) is 66.4 Å². The molecular weight excluding hydrogens is 348 g/mol. The molecule has 0 heterocycles. The fourth-order valence-electron chi connectivity index (χ4n) is 3.21. The molecule has 0 bridgehead atoms. The first-order valence-electron chi connectivity index (χ1n) is 9.42. The molecule has 4 rings (SSSR count). The number of hydrogen-bond acceptors (Lipinski definition) is 3. The lowest BCUT2D eigenvalue weighted by Gasteiger charge is -2.08. The quantitative estimate of drug-likeness (QED) is 0.624. The molecule has 0 radical (unpaired) electrons. The van der Waals surface area contributed by atoms with Crippen molar-refractivity contribution in [2.75, 3.05) is 0 Å². The summed E-state index contributed by atoms with van der Waals surface area (Å²) in [7, 11) is 0. The number of benzene rings is 3. The summed E-state index contributed by atoms with van der Waals surface area (Å²) in [5, 5.41) is 6.53. The first kappa shape index (κ1) is 18.0. The second-order valence-corrected chi connectivity index (χ2v) is 7.03. The molecule has 0 atom stereocenters. The van der Waals surface area contributed by atoms with Gasteiger partial charge < -0.3 is 4.74 Å². The molecule has 140 valence electrons. The maximum absolute atomic E-state index is 12.2. The van der Waals surface area contributed by atoms with E-state index in [-0.39, 0.29) is 5.91 Å². The smallest absolute Gasteiger partial charge is 0.271 e. The van der Waals surface area contributed by atoms with Gasteiger partial charge in [0.25, 0.3) is 5.91 Å². The molecule has 0 saturated heterocycles. The number of carbonyl (C=O) groups excluding carboxylic acids is 1. The van der Waals surface area contributed by atoms with Crippen molar-refractivity contribution in [3.63, 3.8) is 0 Å². The molecule has 0 spiro atoms. The number of ether oxygens (including phenoxy) is 1. The molecule has 1 N–H and O–H groups in total. The zero-order valence-electron chi connectivity index (χ0n) is 15.8. The van der Waals surface area contributed by atoms with Gasteiger partial charge in [0.2, 0.25) is 0 Å². The lowest BCUT2D eigenvalue weighted by atomic mass is 10.1. The van der Waals surface area contributed by atoms with Gasteiger partial charge in [0.05, 0.1) is 5.71 Å². The molecule has 0 saturated carbocycles. The predicted molar refractivity (Wildman–Crippen MR) is 113 cm³/mol. The fourth-order valence-corrected chi connectivity index (χ4v) is 3.21. The van der Waals surface area contributed by atoms with E-state index < -0.39 is 0 Å². The van der Waals surface area contributed by atoms with E-state index in [1.165, 1.54) is 11.0 Å². The van der Waals surface area contributed by atoms with Gasteiger partial charge in [-0.15, -0.1) is 0 Å². The first-order chi connectivity index (χ1) is 13.7. The lowest BCUT2D eigenvalue weighted by Crippen LogP contribution is -2.18. The van der Waals surface area contributed by atoms with Crippen molar-refractivity contribution in [3.05, 3.63) is 89.5 Å². The average molecular weight is 370 g/mol. The SMILES string of the molecule is CC1=C/C(=N/NC(=O)c2ccc(COc3ccc4ccccc4c3)cc2)CC1. The van der Waals surface area contributed by atoms with Gasteiger partial charge in [-0.25, -0.2) is 5.43 Å². The van der Waals surface area contributed by atoms with Crippen LogP contribution in [0.15, 0.2) is 83.5 Å². The van der Waals surface area contributed by atoms with Crippen molar-refractivity contribution in [3.8, 4) is 5.75 Å². The molecule has 1 aliphatic carbocycles. The summed E-state index contributed by atoms with van der Waals surface area (Å²) in [6, 6.07) is 21.7. The molecule has 4 heteroatoms.